The second-order valence-corrected chi connectivity index (χ2v) is 6.30. The highest BCUT2D eigenvalue weighted by Crippen LogP contribution is 2.33. The molecule has 0 heterocycles. The van der Waals surface area contributed by atoms with Crippen molar-refractivity contribution >= 4 is 33.0 Å². The Morgan fingerprint density at radius 3 is 2.44 bits per heavy atom. The van der Waals surface area contributed by atoms with Crippen LogP contribution >= 0.6 is 23.2 Å². The predicted molar refractivity (Wildman–Crippen MR) is 65.1 cm³/mol. The van der Waals surface area contributed by atoms with Crippen molar-refractivity contribution in [2.24, 2.45) is 0 Å². The summed E-state index contributed by atoms with van der Waals surface area (Å²) in [5, 5.41) is 9.24. The summed E-state index contributed by atoms with van der Waals surface area (Å²) < 4.78 is 23.7. The van der Waals surface area contributed by atoms with Crippen molar-refractivity contribution in [1.82, 2.24) is 0 Å². The third-order valence-corrected chi connectivity index (χ3v) is 4.66. The van der Waals surface area contributed by atoms with E-state index >= 15 is 0 Å². The van der Waals surface area contributed by atoms with Gasteiger partial charge in [-0.2, -0.15) is 0 Å². The average molecular weight is 283 g/mol. The molecule has 0 saturated heterocycles. The minimum Gasteiger partial charge on any atom is -0.506 e. The minimum atomic E-state index is -3.42. The molecule has 90 valence electrons. The molecule has 0 atom stereocenters. The van der Waals surface area contributed by atoms with Gasteiger partial charge >= 0.3 is 0 Å². The lowest BCUT2D eigenvalue weighted by molar-refractivity contribution is 0.475. The van der Waals surface area contributed by atoms with E-state index in [0.717, 1.165) is 12.5 Å². The van der Waals surface area contributed by atoms with Crippen LogP contribution in [0.4, 0.5) is 0 Å². The van der Waals surface area contributed by atoms with Gasteiger partial charge < -0.3 is 5.11 Å². The first-order valence-electron chi connectivity index (χ1n) is 4.79. The van der Waals surface area contributed by atoms with Crippen LogP contribution in [0.25, 0.3) is 0 Å². The van der Waals surface area contributed by atoms with Gasteiger partial charge in [-0.25, -0.2) is 8.42 Å². The van der Waals surface area contributed by atoms with E-state index in [1.54, 1.807) is 0 Å². The Kier molecular flexibility index (Phi) is 4.47. The van der Waals surface area contributed by atoms with Crippen molar-refractivity contribution in [2.45, 2.75) is 24.7 Å². The summed E-state index contributed by atoms with van der Waals surface area (Å²) in [6.45, 7) is 1.90. The third-order valence-electron chi connectivity index (χ3n) is 2.10. The Bertz CT molecular complexity index is 483. The van der Waals surface area contributed by atoms with E-state index in [4.69, 9.17) is 23.2 Å². The van der Waals surface area contributed by atoms with E-state index in [9.17, 15) is 13.5 Å². The SMILES string of the molecule is CCCCS(=O)(=O)c1cc(Cl)c(O)cc1Cl. The van der Waals surface area contributed by atoms with E-state index < -0.39 is 9.84 Å². The van der Waals surface area contributed by atoms with Gasteiger partial charge in [0.1, 0.15) is 5.75 Å². The molecule has 0 saturated carbocycles. The normalized spacial score (nSPS) is 11.7. The largest absolute Gasteiger partial charge is 0.506 e. The minimum absolute atomic E-state index is 0.00185. The second kappa shape index (κ2) is 5.25. The number of phenols is 1. The van der Waals surface area contributed by atoms with Gasteiger partial charge in [0.15, 0.2) is 9.84 Å². The van der Waals surface area contributed by atoms with E-state index in [-0.39, 0.29) is 26.4 Å². The van der Waals surface area contributed by atoms with Gasteiger partial charge in [0.2, 0.25) is 0 Å². The molecule has 0 unspecified atom stereocenters. The molecule has 3 nitrogen and oxygen atoms in total. The topological polar surface area (TPSA) is 54.4 Å². The van der Waals surface area contributed by atoms with Crippen molar-refractivity contribution in [1.29, 1.82) is 0 Å². The molecule has 0 bridgehead atoms. The Balaban J connectivity index is 3.18. The highest BCUT2D eigenvalue weighted by Gasteiger charge is 2.19. The molecule has 1 N–H and O–H groups in total. The number of hydrogen-bond acceptors (Lipinski definition) is 3. The van der Waals surface area contributed by atoms with Gasteiger partial charge in [0.25, 0.3) is 0 Å². The summed E-state index contributed by atoms with van der Waals surface area (Å²) in [5.74, 6) is -0.189. The number of halogens is 2. The maximum Gasteiger partial charge on any atom is 0.179 e. The van der Waals surface area contributed by atoms with Crippen LogP contribution in [0.5, 0.6) is 5.75 Å². The van der Waals surface area contributed by atoms with Crippen LogP contribution in [0.2, 0.25) is 10.0 Å². The molecule has 0 radical (unpaired) electrons. The summed E-state index contributed by atoms with van der Waals surface area (Å²) in [6, 6.07) is 2.33. The Hall–Kier alpha value is -0.450. The predicted octanol–water partition coefficient (Wildman–Crippen LogP) is 3.27. The van der Waals surface area contributed by atoms with Crippen molar-refractivity contribution in [3.8, 4) is 5.75 Å². The quantitative estimate of drug-likeness (QED) is 0.922. The first-order chi connectivity index (χ1) is 7.38. The van der Waals surface area contributed by atoms with Crippen LogP contribution in [0.3, 0.4) is 0 Å². The van der Waals surface area contributed by atoms with Crippen molar-refractivity contribution in [2.75, 3.05) is 5.75 Å². The molecule has 0 aliphatic heterocycles. The van der Waals surface area contributed by atoms with Crippen molar-refractivity contribution in [3.05, 3.63) is 22.2 Å². The van der Waals surface area contributed by atoms with Gasteiger partial charge in [0, 0.05) is 6.07 Å². The van der Waals surface area contributed by atoms with Crippen LogP contribution in [-0.4, -0.2) is 19.3 Å². The monoisotopic (exact) mass is 282 g/mol. The van der Waals surface area contributed by atoms with E-state index in [1.165, 1.54) is 6.07 Å². The van der Waals surface area contributed by atoms with Gasteiger partial charge in [0.05, 0.1) is 20.7 Å². The zero-order chi connectivity index (χ0) is 12.3. The standard InChI is InChI=1S/C10H12Cl2O3S/c1-2-3-4-16(14,15)10-6-7(11)9(13)5-8(10)12/h5-6,13H,2-4H2,1H3. The maximum absolute atomic E-state index is 11.9. The number of sulfone groups is 1. The van der Waals surface area contributed by atoms with Crippen LogP contribution in [-0.2, 0) is 9.84 Å². The molecule has 0 amide bonds. The molecule has 0 fully saturated rings. The van der Waals surface area contributed by atoms with Gasteiger partial charge in [-0.05, 0) is 12.5 Å². The van der Waals surface area contributed by atoms with Crippen molar-refractivity contribution < 1.29 is 13.5 Å². The first kappa shape index (κ1) is 13.6. The Morgan fingerprint density at radius 2 is 1.88 bits per heavy atom. The van der Waals surface area contributed by atoms with Crippen LogP contribution in [0.15, 0.2) is 17.0 Å². The fourth-order valence-electron chi connectivity index (χ4n) is 1.20. The number of rotatable bonds is 4. The van der Waals surface area contributed by atoms with E-state index in [2.05, 4.69) is 0 Å². The summed E-state index contributed by atoms with van der Waals surface area (Å²) >= 11 is 11.4. The lowest BCUT2D eigenvalue weighted by atomic mass is 10.3. The number of benzene rings is 1. The van der Waals surface area contributed by atoms with Gasteiger partial charge in [-0.15, -0.1) is 0 Å². The summed E-state index contributed by atoms with van der Waals surface area (Å²) in [4.78, 5) is -0.0228. The molecule has 6 heteroatoms. The number of hydrogen-bond donors (Lipinski definition) is 1. The molecular weight excluding hydrogens is 271 g/mol. The second-order valence-electron chi connectivity index (χ2n) is 3.41. The fourth-order valence-corrected chi connectivity index (χ4v) is 3.48. The highest BCUT2D eigenvalue weighted by atomic mass is 35.5. The van der Waals surface area contributed by atoms with Gasteiger partial charge in [-0.1, -0.05) is 36.5 Å². The van der Waals surface area contributed by atoms with Gasteiger partial charge in [-0.3, -0.25) is 0 Å². The zero-order valence-corrected chi connectivity index (χ0v) is 11.0. The van der Waals surface area contributed by atoms with Crippen LogP contribution < -0.4 is 0 Å². The third kappa shape index (κ3) is 3.03. The number of aromatic hydroxyl groups is 1. The number of unbranched alkanes of at least 4 members (excludes halogenated alkanes) is 1. The molecular formula is C10H12Cl2O3S. The number of phenolic OH excluding ortho intramolecular Hbond substituents is 1. The smallest absolute Gasteiger partial charge is 0.179 e. The van der Waals surface area contributed by atoms with Crippen LogP contribution in [0, 0.1) is 0 Å². The molecule has 0 aliphatic carbocycles. The van der Waals surface area contributed by atoms with Crippen molar-refractivity contribution in [3.63, 3.8) is 0 Å². The fraction of sp³-hybridized carbons (Fsp3) is 0.400. The molecule has 0 spiro atoms. The first-order valence-corrected chi connectivity index (χ1v) is 7.20. The average Bonchev–Trinajstić information content (AvgIpc) is 2.20. The molecule has 1 aromatic carbocycles. The molecule has 16 heavy (non-hydrogen) atoms. The molecule has 0 aromatic heterocycles. The zero-order valence-electron chi connectivity index (χ0n) is 8.70. The molecule has 1 rings (SSSR count). The lowest BCUT2D eigenvalue weighted by Gasteiger charge is -2.07. The summed E-state index contributed by atoms with van der Waals surface area (Å²) in [7, 11) is -3.42. The summed E-state index contributed by atoms with van der Waals surface area (Å²) in [5.41, 5.74) is 0. The Labute approximate surface area is 105 Å². The maximum atomic E-state index is 11.9. The lowest BCUT2D eigenvalue weighted by Crippen LogP contribution is -2.07. The Morgan fingerprint density at radius 1 is 1.25 bits per heavy atom. The van der Waals surface area contributed by atoms with E-state index in [0.29, 0.717) is 6.42 Å². The molecule has 1 aromatic rings. The van der Waals surface area contributed by atoms with E-state index in [1.807, 2.05) is 6.92 Å². The highest BCUT2D eigenvalue weighted by molar-refractivity contribution is 7.91. The van der Waals surface area contributed by atoms with Crippen LogP contribution in [0.1, 0.15) is 19.8 Å². The summed E-state index contributed by atoms with van der Waals surface area (Å²) in [6.07, 6.45) is 1.35. The molecule has 0 aliphatic rings.